The highest BCUT2D eigenvalue weighted by atomic mass is 16.1. The first-order valence-electron chi connectivity index (χ1n) is 7.48. The van der Waals surface area contributed by atoms with E-state index in [1.807, 2.05) is 12.1 Å². The lowest BCUT2D eigenvalue weighted by Gasteiger charge is -2.23. The number of aliphatic imine (C=N–C) groups is 1. The second-order valence-corrected chi connectivity index (χ2v) is 5.96. The van der Waals surface area contributed by atoms with Crippen molar-refractivity contribution < 1.29 is 4.79 Å². The van der Waals surface area contributed by atoms with E-state index in [0.29, 0.717) is 12.5 Å². The normalized spacial score (nSPS) is 20.9. The molecule has 2 aromatic rings. The molecule has 1 aromatic heterocycles. The molecule has 0 amide bonds. The summed E-state index contributed by atoms with van der Waals surface area (Å²) >= 11 is 0. The Bertz CT molecular complexity index is 739. The second kappa shape index (κ2) is 4.30. The number of carbonyl (C=O) groups is 1. The standard InChI is InChI=1S/C17H18N2O/c1-2-4-10-7-13-17-14(8-10)19-12-6-3-5-11(16(12)17)15(20)9-18-13/h3,5-6,10,19H,2,4,7-9H2,1H3. The van der Waals surface area contributed by atoms with Gasteiger partial charge in [0.05, 0.1) is 0 Å². The number of rotatable bonds is 2. The largest absolute Gasteiger partial charge is 0.358 e. The van der Waals surface area contributed by atoms with Crippen LogP contribution in [0, 0.1) is 5.92 Å². The molecule has 2 heterocycles. The summed E-state index contributed by atoms with van der Waals surface area (Å²) < 4.78 is 0. The van der Waals surface area contributed by atoms with Crippen LogP contribution in [0.15, 0.2) is 23.2 Å². The number of aromatic nitrogens is 1. The highest BCUT2D eigenvalue weighted by Crippen LogP contribution is 2.36. The zero-order valence-corrected chi connectivity index (χ0v) is 11.7. The molecule has 4 rings (SSSR count). The van der Waals surface area contributed by atoms with E-state index in [-0.39, 0.29) is 5.78 Å². The smallest absolute Gasteiger partial charge is 0.184 e. The lowest BCUT2D eigenvalue weighted by molar-refractivity contribution is 0.100. The topological polar surface area (TPSA) is 45.2 Å². The second-order valence-electron chi connectivity index (χ2n) is 5.96. The summed E-state index contributed by atoms with van der Waals surface area (Å²) in [4.78, 5) is 20.4. The maximum absolute atomic E-state index is 12.3. The van der Waals surface area contributed by atoms with Gasteiger partial charge in [0, 0.05) is 33.4 Å². The van der Waals surface area contributed by atoms with Crippen molar-refractivity contribution in [3.8, 4) is 0 Å². The van der Waals surface area contributed by atoms with Gasteiger partial charge in [-0.2, -0.15) is 0 Å². The minimum Gasteiger partial charge on any atom is -0.358 e. The van der Waals surface area contributed by atoms with Crippen LogP contribution in [0.4, 0.5) is 0 Å². The fourth-order valence-corrected chi connectivity index (χ4v) is 3.75. The number of nitrogens with one attached hydrogen (secondary N) is 1. The first kappa shape index (κ1) is 11.9. The highest BCUT2D eigenvalue weighted by Gasteiger charge is 2.30. The molecule has 3 nitrogen and oxygen atoms in total. The molecular weight excluding hydrogens is 248 g/mol. The average molecular weight is 266 g/mol. The summed E-state index contributed by atoms with van der Waals surface area (Å²) in [7, 11) is 0. The molecule has 0 saturated carbocycles. The third-order valence-electron chi connectivity index (χ3n) is 4.58. The number of Topliss-reactive ketones (excluding diaryl/α,β-unsaturated/α-hetero) is 1. The molecule has 102 valence electrons. The molecular formula is C17H18N2O. The van der Waals surface area contributed by atoms with Gasteiger partial charge < -0.3 is 4.98 Å². The Morgan fingerprint density at radius 3 is 3.10 bits per heavy atom. The quantitative estimate of drug-likeness (QED) is 0.888. The predicted octanol–water partition coefficient (Wildman–Crippen LogP) is 3.52. The number of ketones is 1. The van der Waals surface area contributed by atoms with Crippen molar-refractivity contribution in [2.45, 2.75) is 32.6 Å². The van der Waals surface area contributed by atoms with Crippen LogP contribution in [0.2, 0.25) is 0 Å². The van der Waals surface area contributed by atoms with Crippen molar-refractivity contribution in [1.82, 2.24) is 4.98 Å². The van der Waals surface area contributed by atoms with E-state index in [2.05, 4.69) is 23.0 Å². The third kappa shape index (κ3) is 1.59. The zero-order valence-electron chi connectivity index (χ0n) is 11.7. The van der Waals surface area contributed by atoms with E-state index < -0.39 is 0 Å². The molecule has 0 saturated heterocycles. The van der Waals surface area contributed by atoms with E-state index in [0.717, 1.165) is 35.0 Å². The molecule has 0 fully saturated rings. The van der Waals surface area contributed by atoms with Gasteiger partial charge in [-0.1, -0.05) is 25.5 Å². The van der Waals surface area contributed by atoms with Crippen LogP contribution in [0.25, 0.3) is 10.9 Å². The summed E-state index contributed by atoms with van der Waals surface area (Å²) in [6.07, 6.45) is 4.55. The first-order chi connectivity index (χ1) is 9.78. The van der Waals surface area contributed by atoms with Gasteiger partial charge in [0.1, 0.15) is 6.54 Å². The zero-order chi connectivity index (χ0) is 13.7. The van der Waals surface area contributed by atoms with E-state index in [9.17, 15) is 4.79 Å². The predicted molar refractivity (Wildman–Crippen MR) is 80.8 cm³/mol. The Morgan fingerprint density at radius 2 is 2.25 bits per heavy atom. The van der Waals surface area contributed by atoms with Gasteiger partial charge in [-0.15, -0.1) is 0 Å². The summed E-state index contributed by atoms with van der Waals surface area (Å²) in [5, 5.41) is 1.11. The SMILES string of the molecule is CCCC1CC2=NCC(=O)c3cccc4[nH]c(c2c34)C1. The molecule has 0 bridgehead atoms. The summed E-state index contributed by atoms with van der Waals surface area (Å²) in [5.74, 6) is 0.808. The Kier molecular flexibility index (Phi) is 2.56. The molecule has 1 aliphatic heterocycles. The monoisotopic (exact) mass is 266 g/mol. The molecule has 0 spiro atoms. The Hall–Kier alpha value is -1.90. The van der Waals surface area contributed by atoms with E-state index in [1.54, 1.807) is 0 Å². The van der Waals surface area contributed by atoms with Crippen molar-refractivity contribution in [3.05, 3.63) is 35.0 Å². The van der Waals surface area contributed by atoms with Gasteiger partial charge in [-0.05, 0) is 31.2 Å². The number of aromatic amines is 1. The molecule has 1 aliphatic carbocycles. The highest BCUT2D eigenvalue weighted by molar-refractivity contribution is 6.21. The van der Waals surface area contributed by atoms with Crippen molar-refractivity contribution >= 4 is 22.4 Å². The van der Waals surface area contributed by atoms with Crippen LogP contribution < -0.4 is 0 Å². The molecule has 1 unspecified atom stereocenters. The minimum atomic E-state index is 0.145. The summed E-state index contributed by atoms with van der Waals surface area (Å²) in [6.45, 7) is 2.54. The van der Waals surface area contributed by atoms with Gasteiger partial charge in [0.15, 0.2) is 5.78 Å². The summed E-state index contributed by atoms with van der Waals surface area (Å²) in [6, 6.07) is 5.98. The van der Waals surface area contributed by atoms with Gasteiger partial charge in [-0.25, -0.2) is 0 Å². The Labute approximate surface area is 118 Å². The molecule has 20 heavy (non-hydrogen) atoms. The molecule has 3 heteroatoms. The van der Waals surface area contributed by atoms with Gasteiger partial charge in [0.2, 0.25) is 0 Å². The van der Waals surface area contributed by atoms with Crippen molar-refractivity contribution in [2.24, 2.45) is 10.9 Å². The first-order valence-corrected chi connectivity index (χ1v) is 7.48. The van der Waals surface area contributed by atoms with Gasteiger partial charge >= 0.3 is 0 Å². The Balaban J connectivity index is 1.98. The average Bonchev–Trinajstić information content (AvgIpc) is 2.75. The van der Waals surface area contributed by atoms with Crippen LogP contribution in [0.1, 0.15) is 47.8 Å². The molecule has 1 atom stereocenters. The lowest BCUT2D eigenvalue weighted by atomic mass is 9.82. The number of nitrogens with zero attached hydrogens (tertiary/aromatic N) is 1. The number of hydrogen-bond acceptors (Lipinski definition) is 2. The van der Waals surface area contributed by atoms with Crippen LogP contribution >= 0.6 is 0 Å². The number of H-pyrrole nitrogens is 1. The maximum Gasteiger partial charge on any atom is 0.184 e. The number of carbonyl (C=O) groups excluding carboxylic acids is 1. The van der Waals surface area contributed by atoms with E-state index >= 15 is 0 Å². The van der Waals surface area contributed by atoms with Gasteiger partial charge in [-0.3, -0.25) is 9.79 Å². The van der Waals surface area contributed by atoms with Crippen molar-refractivity contribution in [3.63, 3.8) is 0 Å². The van der Waals surface area contributed by atoms with Crippen LogP contribution in [0.3, 0.4) is 0 Å². The molecule has 1 N–H and O–H groups in total. The summed E-state index contributed by atoms with van der Waals surface area (Å²) in [5.41, 5.74) is 5.59. The maximum atomic E-state index is 12.3. The number of hydrogen-bond donors (Lipinski definition) is 1. The molecule has 1 aromatic carbocycles. The van der Waals surface area contributed by atoms with Gasteiger partial charge in [0.25, 0.3) is 0 Å². The van der Waals surface area contributed by atoms with E-state index in [4.69, 9.17) is 0 Å². The van der Waals surface area contributed by atoms with Crippen LogP contribution in [0.5, 0.6) is 0 Å². The minimum absolute atomic E-state index is 0.145. The Morgan fingerprint density at radius 1 is 1.35 bits per heavy atom. The fraction of sp³-hybridized carbons (Fsp3) is 0.412. The molecule has 2 aliphatic rings. The van der Waals surface area contributed by atoms with E-state index in [1.165, 1.54) is 24.1 Å². The van der Waals surface area contributed by atoms with Crippen LogP contribution in [-0.2, 0) is 6.42 Å². The van der Waals surface area contributed by atoms with Crippen LogP contribution in [-0.4, -0.2) is 23.0 Å². The third-order valence-corrected chi connectivity index (χ3v) is 4.58. The fourth-order valence-electron chi connectivity index (χ4n) is 3.75. The van der Waals surface area contributed by atoms with Crippen molar-refractivity contribution in [2.75, 3.05) is 6.54 Å². The lowest BCUT2D eigenvalue weighted by Crippen LogP contribution is -2.20. The number of benzene rings is 1. The van der Waals surface area contributed by atoms with Crippen molar-refractivity contribution in [1.29, 1.82) is 0 Å². The molecule has 0 radical (unpaired) electrons.